The highest BCUT2D eigenvalue weighted by Crippen LogP contribution is 2.33. The van der Waals surface area contributed by atoms with Crippen LogP contribution >= 0.6 is 15.9 Å². The van der Waals surface area contributed by atoms with E-state index in [-0.39, 0.29) is 22.9 Å². The van der Waals surface area contributed by atoms with Gasteiger partial charge < -0.3 is 20.5 Å². The highest BCUT2D eigenvalue weighted by atomic mass is 79.9. The number of benzene rings is 2. The topological polar surface area (TPSA) is 108 Å². The van der Waals surface area contributed by atoms with Crippen molar-refractivity contribution in [2.45, 2.75) is 0 Å². The van der Waals surface area contributed by atoms with Gasteiger partial charge in [0.15, 0.2) is 11.5 Å². The Hall–Kier alpha value is -3.40. The van der Waals surface area contributed by atoms with Crippen LogP contribution in [0.5, 0.6) is 11.5 Å². The Morgan fingerprint density at radius 2 is 2.07 bits per heavy atom. The molecule has 1 aliphatic rings. The summed E-state index contributed by atoms with van der Waals surface area (Å²) >= 11 is 3.25. The fourth-order valence-electron chi connectivity index (χ4n) is 2.60. The number of nitrogens with one attached hydrogen (secondary N) is 2. The smallest absolute Gasteiger partial charge is 0.329 e. The van der Waals surface area contributed by atoms with Crippen molar-refractivity contribution in [1.82, 2.24) is 10.2 Å². The third kappa shape index (κ3) is 4.37. The molecule has 0 atom stereocenters. The van der Waals surface area contributed by atoms with Crippen molar-refractivity contribution < 1.29 is 28.6 Å². The van der Waals surface area contributed by atoms with Gasteiger partial charge in [0.2, 0.25) is 5.91 Å². The monoisotopic (exact) mass is 463 g/mol. The van der Waals surface area contributed by atoms with E-state index in [0.717, 1.165) is 0 Å². The van der Waals surface area contributed by atoms with E-state index in [4.69, 9.17) is 4.74 Å². The summed E-state index contributed by atoms with van der Waals surface area (Å²) in [6.07, 6.45) is 1.38. The van der Waals surface area contributed by atoms with Gasteiger partial charge in [0.1, 0.15) is 18.1 Å². The van der Waals surface area contributed by atoms with Gasteiger partial charge in [0, 0.05) is 4.47 Å². The van der Waals surface area contributed by atoms with E-state index in [9.17, 15) is 23.9 Å². The van der Waals surface area contributed by atoms with Crippen LogP contribution in [0.2, 0.25) is 0 Å². The molecule has 0 bridgehead atoms. The molecule has 10 heteroatoms. The van der Waals surface area contributed by atoms with E-state index in [1.807, 2.05) is 0 Å². The Labute approximate surface area is 173 Å². The molecule has 1 heterocycles. The highest BCUT2D eigenvalue weighted by molar-refractivity contribution is 9.10. The molecule has 1 fully saturated rings. The van der Waals surface area contributed by atoms with Gasteiger partial charge in [0.25, 0.3) is 5.91 Å². The Bertz CT molecular complexity index is 1040. The van der Waals surface area contributed by atoms with Crippen LogP contribution in [-0.4, -0.2) is 41.5 Å². The standard InChI is InChI=1S/C19H15BrFN3O5/c1-29-16-7-10(11(20)8-15(16)25)6-14-18(27)24(19(28)23-14)9-17(26)22-13-5-3-2-4-12(13)21/h2-8,25H,9H2,1H3,(H,22,26)(H,23,28)/b14-6+. The minimum atomic E-state index is -0.785. The van der Waals surface area contributed by atoms with E-state index >= 15 is 0 Å². The molecule has 0 radical (unpaired) electrons. The third-order valence-corrected chi connectivity index (χ3v) is 4.70. The molecule has 3 N–H and O–H groups in total. The number of methoxy groups -OCH3 is 1. The second-order valence-corrected chi connectivity index (χ2v) is 6.81. The second-order valence-electron chi connectivity index (χ2n) is 5.95. The van der Waals surface area contributed by atoms with Gasteiger partial charge in [0.05, 0.1) is 12.8 Å². The van der Waals surface area contributed by atoms with E-state index in [0.29, 0.717) is 14.9 Å². The molecule has 0 aromatic heterocycles. The van der Waals surface area contributed by atoms with Crippen molar-refractivity contribution >= 4 is 45.5 Å². The average Bonchev–Trinajstić information content (AvgIpc) is 2.93. The second kappa shape index (κ2) is 8.31. The first-order valence-corrected chi connectivity index (χ1v) is 9.05. The Morgan fingerprint density at radius 1 is 1.34 bits per heavy atom. The van der Waals surface area contributed by atoms with Crippen LogP contribution < -0.4 is 15.4 Å². The van der Waals surface area contributed by atoms with Gasteiger partial charge in [-0.3, -0.25) is 9.59 Å². The van der Waals surface area contributed by atoms with Crippen molar-refractivity contribution in [3.05, 3.63) is 57.9 Å². The molecule has 3 rings (SSSR count). The molecular formula is C19H15BrFN3O5. The predicted molar refractivity (Wildman–Crippen MR) is 106 cm³/mol. The summed E-state index contributed by atoms with van der Waals surface area (Å²) in [7, 11) is 1.37. The lowest BCUT2D eigenvalue weighted by molar-refractivity contribution is -0.127. The number of amides is 4. The number of urea groups is 1. The summed E-state index contributed by atoms with van der Waals surface area (Å²) < 4.78 is 19.1. The van der Waals surface area contributed by atoms with Crippen molar-refractivity contribution in [3.8, 4) is 11.5 Å². The van der Waals surface area contributed by atoms with Gasteiger partial charge in [-0.05, 0) is 35.9 Å². The lowest BCUT2D eigenvalue weighted by Gasteiger charge is -2.12. The quantitative estimate of drug-likeness (QED) is 0.466. The SMILES string of the molecule is COc1cc(/C=C2/NC(=O)N(CC(=O)Nc3ccccc3F)C2=O)c(Br)cc1O. The number of nitrogens with zero attached hydrogens (tertiary/aromatic N) is 1. The average molecular weight is 464 g/mol. The Morgan fingerprint density at radius 3 is 2.76 bits per heavy atom. The number of para-hydroxylation sites is 1. The number of aromatic hydroxyl groups is 1. The van der Waals surface area contributed by atoms with Crippen LogP contribution in [-0.2, 0) is 9.59 Å². The highest BCUT2D eigenvalue weighted by Gasteiger charge is 2.35. The maximum Gasteiger partial charge on any atom is 0.329 e. The number of phenols is 1. The van der Waals surface area contributed by atoms with Gasteiger partial charge >= 0.3 is 6.03 Å². The largest absolute Gasteiger partial charge is 0.504 e. The number of carbonyl (C=O) groups excluding carboxylic acids is 3. The number of rotatable bonds is 5. The van der Waals surface area contributed by atoms with Gasteiger partial charge in [-0.2, -0.15) is 0 Å². The predicted octanol–water partition coefficient (Wildman–Crippen LogP) is 2.83. The van der Waals surface area contributed by atoms with Crippen molar-refractivity contribution in [3.63, 3.8) is 0 Å². The number of anilines is 1. The maximum absolute atomic E-state index is 13.6. The fraction of sp³-hybridized carbons (Fsp3) is 0.105. The van der Waals surface area contributed by atoms with Gasteiger partial charge in [-0.25, -0.2) is 14.1 Å². The molecule has 29 heavy (non-hydrogen) atoms. The minimum absolute atomic E-state index is 0.0551. The molecule has 0 unspecified atom stereocenters. The number of hydrogen-bond donors (Lipinski definition) is 3. The molecule has 4 amide bonds. The number of halogens is 2. The van der Waals surface area contributed by atoms with Crippen molar-refractivity contribution in [2.75, 3.05) is 19.0 Å². The van der Waals surface area contributed by atoms with Crippen LogP contribution in [0.3, 0.4) is 0 Å². The van der Waals surface area contributed by atoms with E-state index in [1.54, 1.807) is 0 Å². The molecule has 0 saturated carbocycles. The molecule has 1 saturated heterocycles. The van der Waals surface area contributed by atoms with Crippen LogP contribution in [0.15, 0.2) is 46.6 Å². The van der Waals surface area contributed by atoms with Gasteiger partial charge in [-0.15, -0.1) is 0 Å². The fourth-order valence-corrected chi connectivity index (χ4v) is 3.05. The van der Waals surface area contributed by atoms with E-state index < -0.39 is 30.2 Å². The molecule has 8 nitrogen and oxygen atoms in total. The molecule has 150 valence electrons. The molecular weight excluding hydrogens is 449 g/mol. The molecule has 2 aromatic carbocycles. The summed E-state index contributed by atoms with van der Waals surface area (Å²) in [6.45, 7) is -0.587. The minimum Gasteiger partial charge on any atom is -0.504 e. The zero-order chi connectivity index (χ0) is 21.1. The van der Waals surface area contributed by atoms with Crippen molar-refractivity contribution in [1.29, 1.82) is 0 Å². The summed E-state index contributed by atoms with van der Waals surface area (Å²) in [6, 6.07) is 7.61. The first kappa shape index (κ1) is 20.3. The van der Waals surface area contributed by atoms with Crippen LogP contribution in [0.4, 0.5) is 14.9 Å². The lowest BCUT2D eigenvalue weighted by Crippen LogP contribution is -2.38. The number of hydrogen-bond acceptors (Lipinski definition) is 5. The number of imide groups is 1. The third-order valence-electron chi connectivity index (χ3n) is 4.01. The summed E-state index contributed by atoms with van der Waals surface area (Å²) in [4.78, 5) is 37.5. The lowest BCUT2D eigenvalue weighted by atomic mass is 10.1. The van der Waals surface area contributed by atoms with Crippen LogP contribution in [0.25, 0.3) is 6.08 Å². The first-order valence-electron chi connectivity index (χ1n) is 8.25. The van der Waals surface area contributed by atoms with Crippen LogP contribution in [0, 0.1) is 5.82 Å². The summed E-state index contributed by atoms with van der Waals surface area (Å²) in [5, 5.41) is 14.5. The normalized spacial score (nSPS) is 14.9. The Balaban J connectivity index is 1.77. The number of carbonyl (C=O) groups is 3. The number of phenolic OH excluding ortho intramolecular Hbond substituents is 1. The number of ether oxygens (including phenoxy) is 1. The Kier molecular flexibility index (Phi) is 5.83. The van der Waals surface area contributed by atoms with Gasteiger partial charge in [-0.1, -0.05) is 28.1 Å². The zero-order valence-electron chi connectivity index (χ0n) is 15.0. The molecule has 0 spiro atoms. The zero-order valence-corrected chi connectivity index (χ0v) is 16.6. The molecule has 2 aromatic rings. The first-order chi connectivity index (χ1) is 13.8. The molecule has 1 aliphatic heterocycles. The van der Waals surface area contributed by atoms with Crippen LogP contribution in [0.1, 0.15) is 5.56 Å². The maximum atomic E-state index is 13.6. The van der Waals surface area contributed by atoms with Crippen molar-refractivity contribution in [2.24, 2.45) is 0 Å². The summed E-state index contributed by atoms with van der Waals surface area (Å²) in [5.74, 6) is -2.01. The summed E-state index contributed by atoms with van der Waals surface area (Å²) in [5.41, 5.74) is 0.337. The van der Waals surface area contributed by atoms with E-state index in [2.05, 4.69) is 26.6 Å². The van der Waals surface area contributed by atoms with E-state index in [1.165, 1.54) is 49.6 Å². The molecule has 0 aliphatic carbocycles.